The maximum Gasteiger partial charge on any atom is 0.278 e. The van der Waals surface area contributed by atoms with Crippen molar-refractivity contribution in [1.82, 2.24) is 14.9 Å². The molecule has 0 radical (unpaired) electrons. The quantitative estimate of drug-likeness (QED) is 0.725. The van der Waals surface area contributed by atoms with Crippen LogP contribution < -0.4 is 10.1 Å². The minimum Gasteiger partial charge on any atom is -0.489 e. The zero-order chi connectivity index (χ0) is 17.8. The summed E-state index contributed by atoms with van der Waals surface area (Å²) in [6.45, 7) is 4.58. The van der Waals surface area contributed by atoms with Gasteiger partial charge in [-0.2, -0.15) is 5.10 Å². The average Bonchev–Trinajstić information content (AvgIpc) is 3.21. The van der Waals surface area contributed by atoms with E-state index in [-0.39, 0.29) is 18.2 Å². The van der Waals surface area contributed by atoms with Crippen molar-refractivity contribution in [3.8, 4) is 5.75 Å². The summed E-state index contributed by atoms with van der Waals surface area (Å²) in [5.74, 6) is 0.797. The molecule has 1 amide bonds. The molecule has 0 aliphatic heterocycles. The van der Waals surface area contributed by atoms with E-state index in [0.29, 0.717) is 27.8 Å². The van der Waals surface area contributed by atoms with E-state index in [1.807, 2.05) is 6.92 Å². The summed E-state index contributed by atoms with van der Waals surface area (Å²) in [5.41, 5.74) is 1.38. The Kier molecular flexibility index (Phi) is 5.04. The van der Waals surface area contributed by atoms with Crippen molar-refractivity contribution in [3.05, 3.63) is 58.7 Å². The van der Waals surface area contributed by atoms with E-state index in [9.17, 15) is 4.79 Å². The summed E-state index contributed by atoms with van der Waals surface area (Å²) >= 11 is 5.85. The summed E-state index contributed by atoms with van der Waals surface area (Å²) in [4.78, 5) is 12.5. The first-order chi connectivity index (χ1) is 12.1. The van der Waals surface area contributed by atoms with Crippen LogP contribution in [0.3, 0.4) is 0 Å². The number of carbonyl (C=O) groups excluding carboxylic acids is 1. The average molecular weight is 361 g/mol. The molecule has 8 heteroatoms. The van der Waals surface area contributed by atoms with Crippen molar-refractivity contribution in [2.75, 3.05) is 5.32 Å². The molecule has 0 aliphatic rings. The van der Waals surface area contributed by atoms with E-state index in [1.54, 1.807) is 48.3 Å². The van der Waals surface area contributed by atoms with Gasteiger partial charge in [-0.3, -0.25) is 9.48 Å². The van der Waals surface area contributed by atoms with E-state index < -0.39 is 0 Å². The van der Waals surface area contributed by atoms with Gasteiger partial charge in [-0.1, -0.05) is 16.8 Å². The third-order valence-corrected chi connectivity index (χ3v) is 3.86. The number of amides is 1. The van der Waals surface area contributed by atoms with Gasteiger partial charge in [0.15, 0.2) is 5.69 Å². The van der Waals surface area contributed by atoms with Gasteiger partial charge in [0.1, 0.15) is 18.1 Å². The minimum absolute atomic E-state index is 0.161. The topological polar surface area (TPSA) is 82.2 Å². The number of aryl methyl sites for hydroxylation is 2. The maximum absolute atomic E-state index is 12.5. The summed E-state index contributed by atoms with van der Waals surface area (Å²) < 4.78 is 12.6. The highest BCUT2D eigenvalue weighted by Gasteiger charge is 2.21. The molecule has 2 heterocycles. The molecule has 3 rings (SSSR count). The molecule has 0 fully saturated rings. The molecular formula is C17H17ClN4O3. The Morgan fingerprint density at radius 3 is 2.80 bits per heavy atom. The van der Waals surface area contributed by atoms with Gasteiger partial charge in [0.2, 0.25) is 0 Å². The molecular weight excluding hydrogens is 344 g/mol. The highest BCUT2D eigenvalue weighted by molar-refractivity contribution is 6.30. The Hall–Kier alpha value is -2.80. The number of halogens is 1. The summed E-state index contributed by atoms with van der Waals surface area (Å²) in [6, 6.07) is 6.97. The zero-order valence-corrected chi connectivity index (χ0v) is 14.6. The van der Waals surface area contributed by atoms with Gasteiger partial charge in [-0.05, 0) is 38.1 Å². The number of hydrogen-bond donors (Lipinski definition) is 1. The summed E-state index contributed by atoms with van der Waals surface area (Å²) in [6.07, 6.45) is 3.33. The monoisotopic (exact) mass is 360 g/mol. The van der Waals surface area contributed by atoms with Crippen molar-refractivity contribution in [3.63, 3.8) is 0 Å². The predicted octanol–water partition coefficient (Wildman–Crippen LogP) is 3.68. The number of rotatable bonds is 6. The van der Waals surface area contributed by atoms with Crippen LogP contribution in [0.1, 0.15) is 28.7 Å². The van der Waals surface area contributed by atoms with Gasteiger partial charge in [0.05, 0.1) is 17.4 Å². The molecule has 0 atom stereocenters. The van der Waals surface area contributed by atoms with Crippen molar-refractivity contribution in [2.45, 2.75) is 27.0 Å². The van der Waals surface area contributed by atoms with Crippen LogP contribution in [0.2, 0.25) is 5.02 Å². The van der Waals surface area contributed by atoms with Crippen LogP contribution in [0.4, 0.5) is 5.69 Å². The number of nitrogens with zero attached hydrogens (tertiary/aromatic N) is 3. The normalized spacial score (nSPS) is 10.7. The Morgan fingerprint density at radius 1 is 1.36 bits per heavy atom. The first-order valence-corrected chi connectivity index (χ1v) is 8.12. The number of aromatic nitrogens is 3. The van der Waals surface area contributed by atoms with Crippen LogP contribution in [-0.2, 0) is 13.2 Å². The van der Waals surface area contributed by atoms with E-state index >= 15 is 0 Å². The SMILES string of the molecule is CCn1cc(NC(=O)c2noc(C)c2COc2ccc(Cl)cc2)cn1. The second-order valence-corrected chi connectivity index (χ2v) is 5.78. The number of benzene rings is 1. The van der Waals surface area contributed by atoms with E-state index in [2.05, 4.69) is 15.6 Å². The lowest BCUT2D eigenvalue weighted by Gasteiger charge is -2.07. The highest BCUT2D eigenvalue weighted by atomic mass is 35.5. The van der Waals surface area contributed by atoms with Crippen molar-refractivity contribution in [1.29, 1.82) is 0 Å². The van der Waals surface area contributed by atoms with Gasteiger partial charge in [-0.25, -0.2) is 0 Å². The molecule has 7 nitrogen and oxygen atoms in total. The molecule has 2 aromatic heterocycles. The fourth-order valence-electron chi connectivity index (χ4n) is 2.22. The molecule has 1 aromatic carbocycles. The fourth-order valence-corrected chi connectivity index (χ4v) is 2.34. The molecule has 25 heavy (non-hydrogen) atoms. The van der Waals surface area contributed by atoms with Crippen molar-refractivity contribution >= 4 is 23.2 Å². The zero-order valence-electron chi connectivity index (χ0n) is 13.8. The van der Waals surface area contributed by atoms with Crippen LogP contribution in [0.5, 0.6) is 5.75 Å². The fraction of sp³-hybridized carbons (Fsp3) is 0.235. The van der Waals surface area contributed by atoms with Crippen LogP contribution in [0.25, 0.3) is 0 Å². The lowest BCUT2D eigenvalue weighted by Crippen LogP contribution is -2.15. The molecule has 0 unspecified atom stereocenters. The van der Waals surface area contributed by atoms with E-state index in [4.69, 9.17) is 20.9 Å². The molecule has 0 aliphatic carbocycles. The lowest BCUT2D eigenvalue weighted by molar-refractivity contribution is 0.101. The second kappa shape index (κ2) is 7.40. The molecule has 0 spiro atoms. The Morgan fingerprint density at radius 2 is 2.12 bits per heavy atom. The Bertz CT molecular complexity index is 870. The van der Waals surface area contributed by atoms with E-state index in [1.165, 1.54) is 0 Å². The van der Waals surface area contributed by atoms with Crippen LogP contribution in [0, 0.1) is 6.92 Å². The predicted molar refractivity (Wildman–Crippen MR) is 92.9 cm³/mol. The Balaban J connectivity index is 1.71. The molecule has 0 saturated heterocycles. The molecule has 3 aromatic rings. The van der Waals surface area contributed by atoms with Gasteiger partial charge >= 0.3 is 0 Å². The standard InChI is InChI=1S/C17H17ClN4O3/c1-3-22-9-13(8-19-22)20-17(23)16-15(11(2)25-21-16)10-24-14-6-4-12(18)5-7-14/h4-9H,3,10H2,1-2H3,(H,20,23). The van der Waals surface area contributed by atoms with Crippen molar-refractivity contribution in [2.24, 2.45) is 0 Å². The van der Waals surface area contributed by atoms with E-state index in [0.717, 1.165) is 6.54 Å². The number of carbonyl (C=O) groups is 1. The van der Waals surface area contributed by atoms with Crippen LogP contribution in [0.15, 0.2) is 41.2 Å². The summed E-state index contributed by atoms with van der Waals surface area (Å²) in [7, 11) is 0. The number of nitrogens with one attached hydrogen (secondary N) is 1. The summed E-state index contributed by atoms with van der Waals surface area (Å²) in [5, 5.41) is 11.3. The Labute approximate surface area is 149 Å². The number of hydrogen-bond acceptors (Lipinski definition) is 5. The molecule has 0 bridgehead atoms. The number of ether oxygens (including phenoxy) is 1. The van der Waals surface area contributed by atoms with Gasteiger partial charge in [0, 0.05) is 17.8 Å². The second-order valence-electron chi connectivity index (χ2n) is 5.35. The van der Waals surface area contributed by atoms with Gasteiger partial charge in [-0.15, -0.1) is 0 Å². The molecule has 0 saturated carbocycles. The highest BCUT2D eigenvalue weighted by Crippen LogP contribution is 2.20. The number of anilines is 1. The van der Waals surface area contributed by atoms with Crippen LogP contribution in [-0.4, -0.2) is 20.8 Å². The largest absolute Gasteiger partial charge is 0.489 e. The van der Waals surface area contributed by atoms with Crippen LogP contribution >= 0.6 is 11.6 Å². The molecule has 130 valence electrons. The third-order valence-electron chi connectivity index (χ3n) is 3.61. The third kappa shape index (κ3) is 4.00. The first-order valence-electron chi connectivity index (χ1n) is 7.74. The van der Waals surface area contributed by atoms with Gasteiger partial charge < -0.3 is 14.6 Å². The maximum atomic E-state index is 12.5. The van der Waals surface area contributed by atoms with Gasteiger partial charge in [0.25, 0.3) is 5.91 Å². The smallest absolute Gasteiger partial charge is 0.278 e. The minimum atomic E-state index is -0.373. The van der Waals surface area contributed by atoms with Crippen molar-refractivity contribution < 1.29 is 14.1 Å². The lowest BCUT2D eigenvalue weighted by atomic mass is 10.2. The first kappa shape index (κ1) is 17.0. The molecule has 1 N–H and O–H groups in total.